The highest BCUT2D eigenvalue weighted by molar-refractivity contribution is 6.34. The topological polar surface area (TPSA) is 38.3 Å². The molecule has 0 spiro atoms. The quantitative estimate of drug-likeness (QED) is 0.839. The van der Waals surface area contributed by atoms with Crippen LogP contribution in [0.1, 0.15) is 29.7 Å². The number of hydrogen-bond donors (Lipinski definition) is 1. The van der Waals surface area contributed by atoms with Gasteiger partial charge in [-0.1, -0.05) is 24.2 Å². The first-order valence-electron chi connectivity index (χ1n) is 7.66. The fourth-order valence-electron chi connectivity index (χ4n) is 2.70. The average molecular weight is 346 g/mol. The first-order valence-corrected chi connectivity index (χ1v) is 8.04. The van der Waals surface area contributed by atoms with Crippen LogP contribution in [0.3, 0.4) is 0 Å². The molecule has 124 valence electrons. The van der Waals surface area contributed by atoms with Crippen molar-refractivity contribution in [3.8, 4) is 5.75 Å². The lowest BCUT2D eigenvalue weighted by Gasteiger charge is -2.17. The van der Waals surface area contributed by atoms with E-state index in [-0.39, 0.29) is 22.5 Å². The maximum atomic E-state index is 13.1. The molecule has 0 fully saturated rings. The fourth-order valence-corrected chi connectivity index (χ4v) is 2.98. The summed E-state index contributed by atoms with van der Waals surface area (Å²) in [7, 11) is 0. The summed E-state index contributed by atoms with van der Waals surface area (Å²) in [6, 6.07) is 9.58. The van der Waals surface area contributed by atoms with Crippen LogP contribution in [-0.2, 0) is 11.2 Å². The number of nitrogens with one attached hydrogen (secondary N) is 1. The van der Waals surface area contributed by atoms with Crippen molar-refractivity contribution in [1.29, 1.82) is 0 Å². The summed E-state index contributed by atoms with van der Waals surface area (Å²) in [5.74, 6) is 0.109. The van der Waals surface area contributed by atoms with Gasteiger partial charge < -0.3 is 10.1 Å². The number of amides is 1. The van der Waals surface area contributed by atoms with Gasteiger partial charge in [0.15, 0.2) is 0 Å². The normalized spacial score (nSPS) is 13.8. The number of fused-ring (bicyclic) bond motifs is 1. The van der Waals surface area contributed by atoms with E-state index in [9.17, 15) is 9.18 Å². The molecule has 2 aromatic carbocycles. The maximum Gasteiger partial charge on any atom is 0.251 e. The third-order valence-electron chi connectivity index (χ3n) is 4.09. The molecule has 1 unspecified atom stereocenters. The molecule has 1 atom stereocenters. The summed E-state index contributed by atoms with van der Waals surface area (Å²) >= 11 is 5.99. The Labute approximate surface area is 145 Å². The van der Waals surface area contributed by atoms with E-state index in [1.165, 1.54) is 18.2 Å². The van der Waals surface area contributed by atoms with E-state index in [1.807, 2.05) is 25.1 Å². The fraction of sp³-hybridized carbons (Fsp3) is 0.211. The van der Waals surface area contributed by atoms with Gasteiger partial charge in [-0.2, -0.15) is 0 Å². The SMILES string of the molecule is C=C(C(=O)NC(C)c1ccc2c(c1)CCO2)c1ccc(F)cc1Cl. The van der Waals surface area contributed by atoms with Gasteiger partial charge in [-0.3, -0.25) is 4.79 Å². The number of halogens is 2. The second-order valence-corrected chi connectivity index (χ2v) is 6.17. The van der Waals surface area contributed by atoms with E-state index in [4.69, 9.17) is 16.3 Å². The molecular weight excluding hydrogens is 329 g/mol. The van der Waals surface area contributed by atoms with Gasteiger partial charge in [0.25, 0.3) is 5.91 Å². The lowest BCUT2D eigenvalue weighted by Crippen LogP contribution is -2.27. The minimum atomic E-state index is -0.453. The summed E-state index contributed by atoms with van der Waals surface area (Å²) in [6.07, 6.45) is 0.877. The minimum Gasteiger partial charge on any atom is -0.493 e. The van der Waals surface area contributed by atoms with Crippen LogP contribution < -0.4 is 10.1 Å². The Kier molecular flexibility index (Phi) is 4.58. The zero-order valence-corrected chi connectivity index (χ0v) is 14.0. The van der Waals surface area contributed by atoms with Crippen molar-refractivity contribution in [1.82, 2.24) is 5.32 Å². The van der Waals surface area contributed by atoms with Gasteiger partial charge in [-0.15, -0.1) is 0 Å². The molecule has 0 aromatic heterocycles. The first-order chi connectivity index (χ1) is 11.5. The highest BCUT2D eigenvalue weighted by Crippen LogP contribution is 2.29. The maximum absolute atomic E-state index is 13.1. The molecular formula is C19H17ClFNO2. The summed E-state index contributed by atoms with van der Waals surface area (Å²) in [4.78, 5) is 12.4. The van der Waals surface area contributed by atoms with E-state index in [0.717, 1.165) is 23.3 Å². The van der Waals surface area contributed by atoms with E-state index in [0.29, 0.717) is 12.2 Å². The van der Waals surface area contributed by atoms with Crippen LogP contribution in [0.15, 0.2) is 43.0 Å². The van der Waals surface area contributed by atoms with Crippen molar-refractivity contribution in [2.45, 2.75) is 19.4 Å². The molecule has 0 saturated carbocycles. The Hall–Kier alpha value is -2.33. The number of carbonyl (C=O) groups excluding carboxylic acids is 1. The Morgan fingerprint density at radius 1 is 1.33 bits per heavy atom. The summed E-state index contributed by atoms with van der Waals surface area (Å²) in [5.41, 5.74) is 2.76. The van der Waals surface area contributed by atoms with E-state index < -0.39 is 5.82 Å². The molecule has 0 aliphatic carbocycles. The largest absolute Gasteiger partial charge is 0.493 e. The Bertz CT molecular complexity index is 819. The number of rotatable bonds is 4. The average Bonchev–Trinajstić information content (AvgIpc) is 3.01. The monoisotopic (exact) mass is 345 g/mol. The third-order valence-corrected chi connectivity index (χ3v) is 4.40. The van der Waals surface area contributed by atoms with Crippen molar-refractivity contribution in [3.63, 3.8) is 0 Å². The molecule has 1 amide bonds. The molecule has 2 aromatic rings. The number of carbonyl (C=O) groups is 1. The Balaban J connectivity index is 1.73. The summed E-state index contributed by atoms with van der Waals surface area (Å²) in [6.45, 7) is 6.37. The van der Waals surface area contributed by atoms with E-state index in [1.54, 1.807) is 0 Å². The smallest absolute Gasteiger partial charge is 0.251 e. The lowest BCUT2D eigenvalue weighted by atomic mass is 10.0. The van der Waals surface area contributed by atoms with Crippen molar-refractivity contribution in [2.75, 3.05) is 6.61 Å². The molecule has 0 saturated heterocycles. The van der Waals surface area contributed by atoms with Gasteiger partial charge in [0.05, 0.1) is 17.7 Å². The standard InChI is InChI=1S/C19H17ClFNO2/c1-11(16-5-4-15(21)10-17(16)20)19(23)22-12(2)13-3-6-18-14(9-13)7-8-24-18/h3-6,9-10,12H,1,7-8H2,2H3,(H,22,23). The molecule has 3 nitrogen and oxygen atoms in total. The van der Waals surface area contributed by atoms with Crippen molar-refractivity contribution in [3.05, 3.63) is 70.5 Å². The Morgan fingerprint density at radius 2 is 2.12 bits per heavy atom. The van der Waals surface area contributed by atoms with E-state index >= 15 is 0 Å². The van der Waals surface area contributed by atoms with Gasteiger partial charge in [-0.25, -0.2) is 4.39 Å². The van der Waals surface area contributed by atoms with Gasteiger partial charge in [-0.05, 0) is 48.4 Å². The van der Waals surface area contributed by atoms with Crippen LogP contribution in [0, 0.1) is 5.82 Å². The number of benzene rings is 2. The highest BCUT2D eigenvalue weighted by Gasteiger charge is 2.18. The Morgan fingerprint density at radius 3 is 2.88 bits per heavy atom. The zero-order chi connectivity index (χ0) is 17.3. The second-order valence-electron chi connectivity index (χ2n) is 5.76. The van der Waals surface area contributed by atoms with Crippen molar-refractivity contribution >= 4 is 23.1 Å². The molecule has 0 radical (unpaired) electrons. The van der Waals surface area contributed by atoms with E-state index in [2.05, 4.69) is 11.9 Å². The molecule has 3 rings (SSSR count). The van der Waals surface area contributed by atoms with Crippen LogP contribution in [-0.4, -0.2) is 12.5 Å². The molecule has 0 bridgehead atoms. The second kappa shape index (κ2) is 6.65. The predicted octanol–water partition coefficient (Wildman–Crippen LogP) is 4.30. The van der Waals surface area contributed by atoms with Crippen molar-refractivity contribution < 1.29 is 13.9 Å². The van der Waals surface area contributed by atoms with Gasteiger partial charge in [0, 0.05) is 17.6 Å². The molecule has 1 aliphatic rings. The molecule has 24 heavy (non-hydrogen) atoms. The molecule has 5 heteroatoms. The zero-order valence-electron chi connectivity index (χ0n) is 13.2. The van der Waals surface area contributed by atoms with Gasteiger partial charge in [0.1, 0.15) is 11.6 Å². The van der Waals surface area contributed by atoms with Crippen LogP contribution in [0.5, 0.6) is 5.75 Å². The van der Waals surface area contributed by atoms with Gasteiger partial charge >= 0.3 is 0 Å². The molecule has 1 aliphatic heterocycles. The van der Waals surface area contributed by atoms with Crippen LogP contribution >= 0.6 is 11.6 Å². The number of ether oxygens (including phenoxy) is 1. The number of hydrogen-bond acceptors (Lipinski definition) is 2. The van der Waals surface area contributed by atoms with Crippen LogP contribution in [0.4, 0.5) is 4.39 Å². The predicted molar refractivity (Wildman–Crippen MR) is 92.6 cm³/mol. The lowest BCUT2D eigenvalue weighted by molar-refractivity contribution is -0.116. The van der Waals surface area contributed by atoms with Crippen molar-refractivity contribution in [2.24, 2.45) is 0 Å². The van der Waals surface area contributed by atoms with Crippen LogP contribution in [0.2, 0.25) is 5.02 Å². The molecule has 1 N–H and O–H groups in total. The molecule has 1 heterocycles. The van der Waals surface area contributed by atoms with Gasteiger partial charge in [0.2, 0.25) is 0 Å². The summed E-state index contributed by atoms with van der Waals surface area (Å²) < 4.78 is 18.6. The highest BCUT2D eigenvalue weighted by atomic mass is 35.5. The van der Waals surface area contributed by atoms with Crippen LogP contribution in [0.25, 0.3) is 5.57 Å². The summed E-state index contributed by atoms with van der Waals surface area (Å²) in [5, 5.41) is 3.06. The minimum absolute atomic E-state index is 0.164. The third kappa shape index (κ3) is 3.29. The first kappa shape index (κ1) is 16.5.